The zero-order valence-corrected chi connectivity index (χ0v) is 18.2. The maximum absolute atomic E-state index is 13.4. The van der Waals surface area contributed by atoms with Crippen molar-refractivity contribution in [2.75, 3.05) is 6.61 Å². The minimum absolute atomic E-state index is 0.149. The van der Waals surface area contributed by atoms with Crippen molar-refractivity contribution in [2.24, 2.45) is 0 Å². The van der Waals surface area contributed by atoms with Gasteiger partial charge in [0, 0.05) is 30.9 Å². The molecule has 0 spiro atoms. The zero-order valence-electron chi connectivity index (χ0n) is 18.2. The van der Waals surface area contributed by atoms with E-state index in [0.29, 0.717) is 18.6 Å². The minimum atomic E-state index is -1.07. The molecule has 1 saturated heterocycles. The second-order valence-corrected chi connectivity index (χ2v) is 8.50. The highest BCUT2D eigenvalue weighted by Crippen LogP contribution is 2.46. The van der Waals surface area contributed by atoms with Gasteiger partial charge < -0.3 is 19.9 Å². The largest absolute Gasteiger partial charge is 0.481 e. The lowest BCUT2D eigenvalue weighted by atomic mass is 9.80. The highest BCUT2D eigenvalue weighted by atomic mass is 19.1. The Morgan fingerprint density at radius 3 is 2.45 bits per heavy atom. The molecule has 1 aliphatic rings. The molecule has 6 nitrogen and oxygen atoms in total. The number of carboxylic acid groups (broad SMARTS) is 1. The first kappa shape index (κ1) is 22.7. The van der Waals surface area contributed by atoms with Gasteiger partial charge in [0.1, 0.15) is 11.6 Å². The number of halogens is 1. The Balaban J connectivity index is 2.03. The maximum atomic E-state index is 13.4. The summed E-state index contributed by atoms with van der Waals surface area (Å²) in [5, 5.41) is 12.1. The molecule has 3 atom stereocenters. The first-order valence-corrected chi connectivity index (χ1v) is 10.2. The van der Waals surface area contributed by atoms with E-state index in [1.54, 1.807) is 12.1 Å². The van der Waals surface area contributed by atoms with Crippen LogP contribution in [0.4, 0.5) is 4.39 Å². The number of benzene rings is 2. The minimum Gasteiger partial charge on any atom is -0.481 e. The molecule has 2 N–H and O–H groups in total. The first-order chi connectivity index (χ1) is 14.6. The van der Waals surface area contributed by atoms with Crippen molar-refractivity contribution in [1.29, 1.82) is 0 Å². The third kappa shape index (κ3) is 5.61. The lowest BCUT2D eigenvalue weighted by molar-refractivity contribution is -0.139. The summed E-state index contributed by atoms with van der Waals surface area (Å²) >= 11 is 0. The lowest BCUT2D eigenvalue weighted by Gasteiger charge is -2.43. The van der Waals surface area contributed by atoms with E-state index in [1.807, 2.05) is 32.9 Å². The number of nitrogens with one attached hydrogen (secondary N) is 1. The van der Waals surface area contributed by atoms with Crippen LogP contribution < -0.4 is 10.1 Å². The fourth-order valence-corrected chi connectivity index (χ4v) is 4.34. The van der Waals surface area contributed by atoms with Crippen molar-refractivity contribution in [3.63, 3.8) is 0 Å². The summed E-state index contributed by atoms with van der Waals surface area (Å²) in [6.07, 6.45) is 0.161. The summed E-state index contributed by atoms with van der Waals surface area (Å²) in [5.41, 5.74) is 2.77. The SMILES string of the molecule is CC(=O)N[C@@]1(C)C[C@@H](c2ccc(F)cc2)O[C@@H](c2cc(C)cc(C)c2OCC(=O)O)C1. The van der Waals surface area contributed by atoms with E-state index in [0.717, 1.165) is 22.3 Å². The molecule has 0 saturated carbocycles. The highest BCUT2D eigenvalue weighted by molar-refractivity contribution is 5.73. The van der Waals surface area contributed by atoms with Crippen molar-refractivity contribution >= 4 is 11.9 Å². The van der Waals surface area contributed by atoms with Gasteiger partial charge in [0.2, 0.25) is 5.91 Å². The summed E-state index contributed by atoms with van der Waals surface area (Å²) in [6, 6.07) is 9.98. The van der Waals surface area contributed by atoms with Gasteiger partial charge in [-0.3, -0.25) is 4.79 Å². The molecule has 0 radical (unpaired) electrons. The quantitative estimate of drug-likeness (QED) is 0.711. The van der Waals surface area contributed by atoms with Crippen molar-refractivity contribution in [3.05, 3.63) is 64.5 Å². The molecule has 2 aromatic carbocycles. The lowest BCUT2D eigenvalue weighted by Crippen LogP contribution is -2.50. The number of aliphatic carboxylic acids is 1. The third-order valence-corrected chi connectivity index (χ3v) is 5.45. The van der Waals surface area contributed by atoms with Crippen LogP contribution in [0.3, 0.4) is 0 Å². The van der Waals surface area contributed by atoms with Crippen LogP contribution in [0.25, 0.3) is 0 Å². The Morgan fingerprint density at radius 1 is 1.19 bits per heavy atom. The van der Waals surface area contributed by atoms with E-state index in [4.69, 9.17) is 14.6 Å². The Bertz CT molecular complexity index is 975. The molecule has 1 amide bonds. The number of ether oxygens (including phenoxy) is 2. The fourth-order valence-electron chi connectivity index (χ4n) is 4.34. The second-order valence-electron chi connectivity index (χ2n) is 8.50. The molecule has 31 heavy (non-hydrogen) atoms. The summed E-state index contributed by atoms with van der Waals surface area (Å²) < 4.78 is 25.5. The molecule has 7 heteroatoms. The van der Waals surface area contributed by atoms with Crippen LogP contribution >= 0.6 is 0 Å². The fraction of sp³-hybridized carbons (Fsp3) is 0.417. The van der Waals surface area contributed by atoms with Gasteiger partial charge in [0.15, 0.2) is 6.61 Å². The Kier molecular flexibility index (Phi) is 6.65. The van der Waals surface area contributed by atoms with Crippen LogP contribution in [-0.4, -0.2) is 29.1 Å². The molecule has 0 unspecified atom stereocenters. The molecular weight excluding hydrogens is 401 g/mol. The molecule has 1 heterocycles. The smallest absolute Gasteiger partial charge is 0.341 e. The molecule has 1 fully saturated rings. The molecular formula is C24H28FNO5. The number of aryl methyl sites for hydroxylation is 2. The third-order valence-electron chi connectivity index (χ3n) is 5.45. The van der Waals surface area contributed by atoms with Crippen LogP contribution in [0.2, 0.25) is 0 Å². The van der Waals surface area contributed by atoms with Gasteiger partial charge in [0.05, 0.1) is 12.2 Å². The number of hydrogen-bond acceptors (Lipinski definition) is 4. The molecule has 3 rings (SSSR count). The van der Waals surface area contributed by atoms with Gasteiger partial charge in [0.25, 0.3) is 0 Å². The predicted octanol–water partition coefficient (Wildman–Crippen LogP) is 4.39. The number of rotatable bonds is 6. The summed E-state index contributed by atoms with van der Waals surface area (Å²) in [7, 11) is 0. The number of carboxylic acids is 1. The molecule has 166 valence electrons. The topological polar surface area (TPSA) is 84.9 Å². The monoisotopic (exact) mass is 429 g/mol. The van der Waals surface area contributed by atoms with Crippen molar-refractivity contribution in [1.82, 2.24) is 5.32 Å². The van der Waals surface area contributed by atoms with Crippen LogP contribution in [0.5, 0.6) is 5.75 Å². The number of carbonyl (C=O) groups excluding carboxylic acids is 1. The van der Waals surface area contributed by atoms with Gasteiger partial charge >= 0.3 is 5.97 Å². The van der Waals surface area contributed by atoms with Crippen LogP contribution in [0.15, 0.2) is 36.4 Å². The second kappa shape index (κ2) is 9.06. The van der Waals surface area contributed by atoms with Crippen LogP contribution in [0.1, 0.15) is 61.2 Å². The van der Waals surface area contributed by atoms with Gasteiger partial charge in [-0.25, -0.2) is 9.18 Å². The van der Waals surface area contributed by atoms with E-state index >= 15 is 0 Å². The van der Waals surface area contributed by atoms with Crippen LogP contribution in [-0.2, 0) is 14.3 Å². The van der Waals surface area contributed by atoms with E-state index in [-0.39, 0.29) is 17.8 Å². The Morgan fingerprint density at radius 2 is 1.84 bits per heavy atom. The normalized spacial score (nSPS) is 23.3. The van der Waals surface area contributed by atoms with Gasteiger partial charge in [-0.15, -0.1) is 0 Å². The molecule has 0 aliphatic carbocycles. The number of hydrogen-bond donors (Lipinski definition) is 2. The summed E-state index contributed by atoms with van der Waals surface area (Å²) in [5.74, 6) is -1.08. The van der Waals surface area contributed by atoms with E-state index < -0.39 is 24.2 Å². The van der Waals surface area contributed by atoms with E-state index in [2.05, 4.69) is 5.32 Å². The molecule has 0 aromatic heterocycles. The standard InChI is InChI=1S/C24H28FNO5/c1-14-9-15(2)23(30-13-22(28)29)19(10-14)21-12-24(4,26-16(3)27)11-20(31-21)17-5-7-18(25)8-6-17/h5-10,20-21H,11-13H2,1-4H3,(H,26,27)(H,28,29)/t20-,21+,24-/m0/s1. The summed E-state index contributed by atoms with van der Waals surface area (Å²) in [4.78, 5) is 23.0. The number of amides is 1. The molecule has 1 aliphatic heterocycles. The van der Waals surface area contributed by atoms with Crippen molar-refractivity contribution in [2.45, 2.75) is 58.3 Å². The summed E-state index contributed by atoms with van der Waals surface area (Å²) in [6.45, 7) is 6.78. The molecule has 2 aromatic rings. The van der Waals surface area contributed by atoms with Gasteiger partial charge in [-0.2, -0.15) is 0 Å². The predicted molar refractivity (Wildman–Crippen MR) is 113 cm³/mol. The maximum Gasteiger partial charge on any atom is 0.341 e. The van der Waals surface area contributed by atoms with Crippen molar-refractivity contribution < 1.29 is 28.6 Å². The Labute approximate surface area is 181 Å². The van der Waals surface area contributed by atoms with Crippen molar-refractivity contribution in [3.8, 4) is 5.75 Å². The van der Waals surface area contributed by atoms with Gasteiger partial charge in [-0.1, -0.05) is 23.8 Å². The molecule has 0 bridgehead atoms. The number of carbonyl (C=O) groups is 2. The first-order valence-electron chi connectivity index (χ1n) is 10.2. The van der Waals surface area contributed by atoms with Crippen LogP contribution in [0, 0.1) is 19.7 Å². The van der Waals surface area contributed by atoms with E-state index in [1.165, 1.54) is 19.1 Å². The zero-order chi connectivity index (χ0) is 22.8. The van der Waals surface area contributed by atoms with E-state index in [9.17, 15) is 14.0 Å². The average molecular weight is 429 g/mol. The van der Waals surface area contributed by atoms with Gasteiger partial charge in [-0.05, 0) is 50.1 Å². The average Bonchev–Trinajstić information content (AvgIpc) is 2.65. The Hall–Kier alpha value is -2.93. The highest BCUT2D eigenvalue weighted by Gasteiger charge is 2.41.